The average Bonchev–Trinajstić information content (AvgIpc) is 3.12. The molecule has 158 valence electrons. The smallest absolute Gasteiger partial charge is 0.255 e. The van der Waals surface area contributed by atoms with Gasteiger partial charge in [0.2, 0.25) is 5.91 Å². The zero-order chi connectivity index (χ0) is 22.0. The highest BCUT2D eigenvalue weighted by molar-refractivity contribution is 9.10. The molecular weight excluding hydrogens is 519 g/mol. The van der Waals surface area contributed by atoms with Crippen molar-refractivity contribution in [2.75, 3.05) is 11.1 Å². The molecule has 0 radical (unpaired) electrons. The summed E-state index contributed by atoms with van der Waals surface area (Å²) in [6.45, 7) is 0.514. The number of benzene rings is 3. The van der Waals surface area contributed by atoms with E-state index in [-0.39, 0.29) is 17.2 Å². The lowest BCUT2D eigenvalue weighted by molar-refractivity contribution is -0.128. The molecule has 1 atom stereocenters. The predicted octanol–water partition coefficient (Wildman–Crippen LogP) is 6.78. The van der Waals surface area contributed by atoms with E-state index in [9.17, 15) is 9.59 Å². The lowest BCUT2D eigenvalue weighted by Gasteiger charge is -2.24. The maximum absolute atomic E-state index is 12.6. The fraction of sp³-hybridized carbons (Fsp3) is 0.130. The number of carbonyl (C=O) groups excluding carboxylic acids is 2. The molecule has 1 aliphatic rings. The molecule has 1 aliphatic heterocycles. The highest BCUT2D eigenvalue weighted by Gasteiger charge is 2.32. The van der Waals surface area contributed by atoms with E-state index in [1.54, 1.807) is 42.1 Å². The fourth-order valence-electron chi connectivity index (χ4n) is 3.26. The highest BCUT2D eigenvalue weighted by atomic mass is 79.9. The third kappa shape index (κ3) is 5.26. The minimum Gasteiger partial charge on any atom is -0.322 e. The van der Waals surface area contributed by atoms with Gasteiger partial charge in [0, 0.05) is 27.3 Å². The van der Waals surface area contributed by atoms with Crippen LogP contribution >= 0.6 is 50.9 Å². The van der Waals surface area contributed by atoms with Crippen LogP contribution in [0.4, 0.5) is 5.69 Å². The SMILES string of the molecule is O=C(Nc1ccc(Br)c(Cl)c1)c1ccc([C@@H]2SCC(=O)N2Cc2ccc(Cl)cc2)cc1. The van der Waals surface area contributed by atoms with Gasteiger partial charge in [-0.3, -0.25) is 9.59 Å². The van der Waals surface area contributed by atoms with Crippen molar-refractivity contribution in [3.8, 4) is 0 Å². The maximum atomic E-state index is 12.6. The third-order valence-electron chi connectivity index (χ3n) is 4.87. The second-order valence-corrected chi connectivity index (χ2v) is 9.78. The van der Waals surface area contributed by atoms with Gasteiger partial charge in [-0.1, -0.05) is 47.5 Å². The second-order valence-electron chi connectivity index (χ2n) is 7.02. The molecular formula is C23H17BrCl2N2O2S. The van der Waals surface area contributed by atoms with Crippen LogP contribution in [0.5, 0.6) is 0 Å². The van der Waals surface area contributed by atoms with E-state index in [2.05, 4.69) is 21.2 Å². The van der Waals surface area contributed by atoms with Gasteiger partial charge < -0.3 is 10.2 Å². The van der Waals surface area contributed by atoms with Crippen LogP contribution in [0.25, 0.3) is 0 Å². The summed E-state index contributed by atoms with van der Waals surface area (Å²) in [7, 11) is 0. The first-order valence-corrected chi connectivity index (χ1v) is 12.0. The summed E-state index contributed by atoms with van der Waals surface area (Å²) in [5.41, 5.74) is 3.15. The summed E-state index contributed by atoms with van der Waals surface area (Å²) in [5, 5.41) is 3.94. The summed E-state index contributed by atoms with van der Waals surface area (Å²) in [6.07, 6.45) is 0. The van der Waals surface area contributed by atoms with Crippen molar-refractivity contribution >= 4 is 68.4 Å². The minimum atomic E-state index is -0.224. The van der Waals surface area contributed by atoms with Crippen molar-refractivity contribution in [2.24, 2.45) is 0 Å². The van der Waals surface area contributed by atoms with Crippen LogP contribution in [0.2, 0.25) is 10.0 Å². The van der Waals surface area contributed by atoms with Crippen molar-refractivity contribution in [1.82, 2.24) is 4.90 Å². The number of nitrogens with zero attached hydrogens (tertiary/aromatic N) is 1. The standard InChI is InChI=1S/C23H17BrCl2N2O2S/c24-19-10-9-18(11-20(19)26)27-22(30)15-3-5-16(6-4-15)23-28(21(29)13-31-23)12-14-1-7-17(25)8-2-14/h1-11,23H,12-13H2,(H,27,30)/t23-/m0/s1. The van der Waals surface area contributed by atoms with E-state index in [0.717, 1.165) is 15.6 Å². The molecule has 0 bridgehead atoms. The molecule has 1 heterocycles. The number of hydrogen-bond donors (Lipinski definition) is 1. The fourth-order valence-corrected chi connectivity index (χ4v) is 5.00. The molecule has 1 saturated heterocycles. The van der Waals surface area contributed by atoms with Gasteiger partial charge in [0.15, 0.2) is 0 Å². The summed E-state index contributed by atoms with van der Waals surface area (Å²) in [4.78, 5) is 26.9. The number of amides is 2. The topological polar surface area (TPSA) is 49.4 Å². The quantitative estimate of drug-likeness (QED) is 0.391. The summed E-state index contributed by atoms with van der Waals surface area (Å²) >= 11 is 17.0. The number of halogens is 3. The Morgan fingerprint density at radius 3 is 2.45 bits per heavy atom. The Labute approximate surface area is 203 Å². The van der Waals surface area contributed by atoms with Gasteiger partial charge in [-0.05, 0) is 69.5 Å². The first-order valence-electron chi connectivity index (χ1n) is 9.42. The van der Waals surface area contributed by atoms with E-state index < -0.39 is 0 Å². The van der Waals surface area contributed by atoms with E-state index in [1.807, 2.05) is 41.3 Å². The minimum absolute atomic E-state index is 0.0921. The molecule has 1 fully saturated rings. The first kappa shape index (κ1) is 22.2. The molecule has 0 saturated carbocycles. The van der Waals surface area contributed by atoms with Crippen LogP contribution in [0.15, 0.2) is 71.2 Å². The first-order chi connectivity index (χ1) is 14.9. The lowest BCUT2D eigenvalue weighted by atomic mass is 10.1. The summed E-state index contributed by atoms with van der Waals surface area (Å²) in [5.74, 6) is 0.308. The van der Waals surface area contributed by atoms with Gasteiger partial charge in [-0.15, -0.1) is 11.8 Å². The van der Waals surface area contributed by atoms with Crippen molar-refractivity contribution in [2.45, 2.75) is 11.9 Å². The van der Waals surface area contributed by atoms with Gasteiger partial charge >= 0.3 is 0 Å². The molecule has 3 aromatic carbocycles. The van der Waals surface area contributed by atoms with Gasteiger partial charge in [-0.25, -0.2) is 0 Å². The molecule has 0 spiro atoms. The molecule has 8 heteroatoms. The Balaban J connectivity index is 1.47. The number of rotatable bonds is 5. The maximum Gasteiger partial charge on any atom is 0.255 e. The van der Waals surface area contributed by atoms with Crippen LogP contribution < -0.4 is 5.32 Å². The van der Waals surface area contributed by atoms with Crippen LogP contribution in [-0.2, 0) is 11.3 Å². The van der Waals surface area contributed by atoms with Gasteiger partial charge in [0.05, 0.1) is 10.8 Å². The van der Waals surface area contributed by atoms with E-state index in [4.69, 9.17) is 23.2 Å². The molecule has 3 aromatic rings. The van der Waals surface area contributed by atoms with Crippen molar-refractivity contribution in [1.29, 1.82) is 0 Å². The van der Waals surface area contributed by atoms with Gasteiger partial charge in [-0.2, -0.15) is 0 Å². The Kier molecular flexibility index (Phi) is 6.92. The van der Waals surface area contributed by atoms with Crippen molar-refractivity contribution < 1.29 is 9.59 Å². The molecule has 0 aromatic heterocycles. The van der Waals surface area contributed by atoms with E-state index in [0.29, 0.717) is 33.6 Å². The van der Waals surface area contributed by atoms with Crippen LogP contribution in [0, 0.1) is 0 Å². The molecule has 0 unspecified atom stereocenters. The van der Waals surface area contributed by atoms with Crippen LogP contribution in [0.1, 0.15) is 26.9 Å². The number of nitrogens with one attached hydrogen (secondary N) is 1. The zero-order valence-corrected chi connectivity index (χ0v) is 20.1. The predicted molar refractivity (Wildman–Crippen MR) is 131 cm³/mol. The third-order valence-corrected chi connectivity index (χ3v) is 7.61. The highest BCUT2D eigenvalue weighted by Crippen LogP contribution is 2.39. The zero-order valence-electron chi connectivity index (χ0n) is 16.1. The summed E-state index contributed by atoms with van der Waals surface area (Å²) in [6, 6.07) is 20.1. The molecule has 4 nitrogen and oxygen atoms in total. The van der Waals surface area contributed by atoms with Crippen LogP contribution in [-0.4, -0.2) is 22.5 Å². The Bertz CT molecular complexity index is 1120. The van der Waals surface area contributed by atoms with Crippen LogP contribution in [0.3, 0.4) is 0 Å². The summed E-state index contributed by atoms with van der Waals surface area (Å²) < 4.78 is 0.767. The second kappa shape index (κ2) is 9.65. The van der Waals surface area contributed by atoms with Crippen molar-refractivity contribution in [3.63, 3.8) is 0 Å². The molecule has 4 rings (SSSR count). The Morgan fingerprint density at radius 2 is 1.77 bits per heavy atom. The molecule has 31 heavy (non-hydrogen) atoms. The average molecular weight is 536 g/mol. The molecule has 0 aliphatic carbocycles. The van der Waals surface area contributed by atoms with Gasteiger partial charge in [0.25, 0.3) is 5.91 Å². The molecule has 2 amide bonds. The lowest BCUT2D eigenvalue weighted by Crippen LogP contribution is -2.27. The van der Waals surface area contributed by atoms with Gasteiger partial charge in [0.1, 0.15) is 5.37 Å². The van der Waals surface area contributed by atoms with E-state index >= 15 is 0 Å². The number of thioether (sulfide) groups is 1. The largest absolute Gasteiger partial charge is 0.322 e. The Hall–Kier alpha value is -1.99. The number of hydrogen-bond acceptors (Lipinski definition) is 3. The van der Waals surface area contributed by atoms with E-state index in [1.165, 1.54) is 0 Å². The monoisotopic (exact) mass is 534 g/mol. The number of anilines is 1. The molecule has 1 N–H and O–H groups in total. The Morgan fingerprint density at radius 1 is 1.06 bits per heavy atom. The van der Waals surface area contributed by atoms with Crippen molar-refractivity contribution in [3.05, 3.63) is 97.9 Å². The normalized spacial score (nSPS) is 15.9. The number of carbonyl (C=O) groups is 2.